The molecule has 0 aliphatic carbocycles. The molecule has 0 aromatic heterocycles. The number of para-hydroxylation sites is 2. The molecule has 0 radical (unpaired) electrons. The van der Waals surface area contributed by atoms with Gasteiger partial charge in [-0.1, -0.05) is 12.1 Å². The van der Waals surface area contributed by atoms with Crippen LogP contribution >= 0.6 is 0 Å². The molecule has 62 valence electrons. The number of phenols is 1. The lowest BCUT2D eigenvalue weighted by molar-refractivity contribution is 0.313. The Morgan fingerprint density at radius 2 is 1.82 bits per heavy atom. The Labute approximate surface area is 64.8 Å². The summed E-state index contributed by atoms with van der Waals surface area (Å²) in [4.78, 5) is 4.29. The lowest BCUT2D eigenvalue weighted by Crippen LogP contribution is -2.01. The van der Waals surface area contributed by atoms with Gasteiger partial charge in [-0.05, 0) is 12.1 Å². The number of rotatable bonds is 1. The van der Waals surface area contributed by atoms with Crippen molar-refractivity contribution in [3.05, 3.63) is 24.3 Å². The van der Waals surface area contributed by atoms with Crippen molar-refractivity contribution in [2.24, 2.45) is 5.90 Å². The van der Waals surface area contributed by atoms with Crippen LogP contribution in [0.1, 0.15) is 0 Å². The van der Waals surface area contributed by atoms with Gasteiger partial charge in [0.25, 0.3) is 0 Å². The Morgan fingerprint density at radius 1 is 1.27 bits per heavy atom. The van der Waals surface area contributed by atoms with Crippen molar-refractivity contribution in [1.29, 1.82) is 0 Å². The van der Waals surface area contributed by atoms with Gasteiger partial charge in [-0.2, -0.15) is 5.90 Å². The average molecular weight is 157 g/mol. The van der Waals surface area contributed by atoms with Crippen LogP contribution in [0.3, 0.4) is 0 Å². The Bertz CT molecular complexity index is 203. The zero-order valence-electron chi connectivity index (χ0n) is 6.19. The van der Waals surface area contributed by atoms with E-state index in [0.717, 1.165) is 7.11 Å². The molecule has 0 aliphatic rings. The summed E-state index contributed by atoms with van der Waals surface area (Å²) in [6.45, 7) is 0. The lowest BCUT2D eigenvalue weighted by Gasteiger charge is -1.98. The van der Waals surface area contributed by atoms with Crippen molar-refractivity contribution in [3.8, 4) is 11.5 Å². The molecular weight excluding hydrogens is 146 g/mol. The number of phenolic OH excluding ortho intramolecular Hbond substituents is 1. The number of benzene rings is 1. The summed E-state index contributed by atoms with van der Waals surface area (Å²) < 4.78 is 0. The Hall–Kier alpha value is -1.26. The number of hydrogen-bond acceptors (Lipinski definition) is 4. The summed E-state index contributed by atoms with van der Waals surface area (Å²) in [5, 5.41) is 15.9. The topological polar surface area (TPSA) is 75.7 Å². The fraction of sp³-hybridized carbons (Fsp3) is 0.143. The van der Waals surface area contributed by atoms with Crippen LogP contribution in [-0.4, -0.2) is 17.3 Å². The van der Waals surface area contributed by atoms with Crippen molar-refractivity contribution in [3.63, 3.8) is 0 Å². The van der Waals surface area contributed by atoms with Gasteiger partial charge < -0.3 is 15.1 Å². The third-order valence-corrected chi connectivity index (χ3v) is 0.992. The minimum Gasteiger partial charge on any atom is -0.504 e. The van der Waals surface area contributed by atoms with E-state index in [4.69, 9.17) is 16.1 Å². The van der Waals surface area contributed by atoms with Crippen LogP contribution in [0.2, 0.25) is 0 Å². The highest BCUT2D eigenvalue weighted by molar-refractivity contribution is 5.37. The first-order chi connectivity index (χ1) is 5.34. The summed E-state index contributed by atoms with van der Waals surface area (Å²) >= 11 is 0. The molecule has 0 saturated heterocycles. The van der Waals surface area contributed by atoms with Gasteiger partial charge in [-0.3, -0.25) is 0 Å². The summed E-state index contributed by atoms with van der Waals surface area (Å²) in [6, 6.07) is 6.50. The lowest BCUT2D eigenvalue weighted by atomic mass is 10.3. The number of aliphatic hydroxyl groups is 1. The molecule has 0 amide bonds. The molecule has 0 aliphatic heterocycles. The molecular formula is C7H11NO3. The van der Waals surface area contributed by atoms with E-state index < -0.39 is 0 Å². The normalized spacial score (nSPS) is 7.91. The standard InChI is InChI=1S/C6H7NO2.CH4O/c7-9-6-4-2-1-3-5(6)8;1-2/h1-4,8H,7H2;2H,1H3. The van der Waals surface area contributed by atoms with E-state index in [0.29, 0.717) is 0 Å². The predicted octanol–water partition coefficient (Wildman–Crippen LogP) is 0.253. The summed E-state index contributed by atoms with van der Waals surface area (Å²) in [5.41, 5.74) is 0. The van der Waals surface area contributed by atoms with Crippen LogP contribution in [0.5, 0.6) is 11.5 Å². The summed E-state index contributed by atoms with van der Waals surface area (Å²) in [5.74, 6) is 5.14. The average Bonchev–Trinajstić information content (AvgIpc) is 2.09. The second-order valence-electron chi connectivity index (χ2n) is 1.59. The third-order valence-electron chi connectivity index (χ3n) is 0.992. The molecule has 4 heteroatoms. The highest BCUT2D eigenvalue weighted by Crippen LogP contribution is 2.22. The van der Waals surface area contributed by atoms with Crippen LogP contribution in [-0.2, 0) is 0 Å². The minimum absolute atomic E-state index is 0.0556. The van der Waals surface area contributed by atoms with Crippen LogP contribution in [0, 0.1) is 0 Å². The number of aliphatic hydroxyl groups excluding tert-OH is 1. The maximum atomic E-state index is 8.91. The van der Waals surface area contributed by atoms with Crippen LogP contribution in [0.15, 0.2) is 24.3 Å². The number of hydrogen-bond donors (Lipinski definition) is 3. The van der Waals surface area contributed by atoms with Gasteiger partial charge in [0.1, 0.15) is 0 Å². The molecule has 0 atom stereocenters. The number of nitrogens with two attached hydrogens (primary N) is 1. The molecule has 0 fully saturated rings. The first kappa shape index (κ1) is 9.74. The molecule has 1 aromatic carbocycles. The fourth-order valence-corrected chi connectivity index (χ4v) is 0.557. The molecule has 11 heavy (non-hydrogen) atoms. The van der Waals surface area contributed by atoms with E-state index in [1.54, 1.807) is 18.2 Å². The molecule has 0 bridgehead atoms. The summed E-state index contributed by atoms with van der Waals surface area (Å²) in [6.07, 6.45) is 0. The Balaban J connectivity index is 0.000000461. The van der Waals surface area contributed by atoms with E-state index in [1.807, 2.05) is 0 Å². The molecule has 0 heterocycles. The van der Waals surface area contributed by atoms with Crippen molar-refractivity contribution in [1.82, 2.24) is 0 Å². The van der Waals surface area contributed by atoms with Gasteiger partial charge >= 0.3 is 0 Å². The SMILES string of the molecule is CO.NOc1ccccc1O. The largest absolute Gasteiger partial charge is 0.504 e. The maximum absolute atomic E-state index is 8.91. The molecule has 1 aromatic rings. The highest BCUT2D eigenvalue weighted by atomic mass is 16.6. The molecule has 0 unspecified atom stereocenters. The van der Waals surface area contributed by atoms with Gasteiger partial charge in [0, 0.05) is 7.11 Å². The van der Waals surface area contributed by atoms with Crippen LogP contribution < -0.4 is 10.7 Å². The Morgan fingerprint density at radius 3 is 2.18 bits per heavy atom. The van der Waals surface area contributed by atoms with Crippen molar-refractivity contribution in [2.45, 2.75) is 0 Å². The summed E-state index contributed by atoms with van der Waals surface area (Å²) in [7, 11) is 1.00. The van der Waals surface area contributed by atoms with Gasteiger partial charge in [0.05, 0.1) is 0 Å². The zero-order chi connectivity index (χ0) is 8.69. The van der Waals surface area contributed by atoms with Gasteiger partial charge in [0.15, 0.2) is 11.5 Å². The number of aromatic hydroxyl groups is 1. The van der Waals surface area contributed by atoms with Crippen molar-refractivity contribution < 1.29 is 15.1 Å². The molecule has 0 saturated carbocycles. The first-order valence-corrected chi connectivity index (χ1v) is 2.94. The quantitative estimate of drug-likeness (QED) is 0.511. The molecule has 4 N–H and O–H groups in total. The zero-order valence-corrected chi connectivity index (χ0v) is 6.19. The van der Waals surface area contributed by atoms with E-state index >= 15 is 0 Å². The van der Waals surface area contributed by atoms with E-state index in [9.17, 15) is 0 Å². The van der Waals surface area contributed by atoms with Crippen LogP contribution in [0.25, 0.3) is 0 Å². The smallest absolute Gasteiger partial charge is 0.188 e. The highest BCUT2D eigenvalue weighted by Gasteiger charge is 1.95. The monoisotopic (exact) mass is 157 g/mol. The maximum Gasteiger partial charge on any atom is 0.188 e. The van der Waals surface area contributed by atoms with Gasteiger partial charge in [-0.25, -0.2) is 0 Å². The predicted molar refractivity (Wildman–Crippen MR) is 41.1 cm³/mol. The van der Waals surface area contributed by atoms with E-state index in [1.165, 1.54) is 6.07 Å². The molecule has 4 nitrogen and oxygen atoms in total. The first-order valence-electron chi connectivity index (χ1n) is 2.94. The van der Waals surface area contributed by atoms with Crippen LogP contribution in [0.4, 0.5) is 0 Å². The second-order valence-corrected chi connectivity index (χ2v) is 1.59. The second kappa shape index (κ2) is 5.52. The van der Waals surface area contributed by atoms with Gasteiger partial charge in [-0.15, -0.1) is 0 Å². The third kappa shape index (κ3) is 2.88. The van der Waals surface area contributed by atoms with Crippen molar-refractivity contribution >= 4 is 0 Å². The minimum atomic E-state index is 0.0556. The Kier molecular flexibility index (Phi) is 4.89. The molecule has 0 spiro atoms. The van der Waals surface area contributed by atoms with E-state index in [2.05, 4.69) is 4.84 Å². The van der Waals surface area contributed by atoms with Gasteiger partial charge in [0.2, 0.25) is 0 Å². The van der Waals surface area contributed by atoms with Crippen molar-refractivity contribution in [2.75, 3.05) is 7.11 Å². The fourth-order valence-electron chi connectivity index (χ4n) is 0.557. The van der Waals surface area contributed by atoms with E-state index in [-0.39, 0.29) is 11.5 Å². The molecule has 1 rings (SSSR count).